The molecule has 0 unspecified atom stereocenters. The number of rotatable bonds is 5. The van der Waals surface area contributed by atoms with Gasteiger partial charge in [0.25, 0.3) is 5.69 Å². The third kappa shape index (κ3) is 3.32. The number of benzene rings is 2. The summed E-state index contributed by atoms with van der Waals surface area (Å²) in [5.41, 5.74) is 0.515. The molecular weight excluding hydrogens is 288 g/mol. The molecule has 0 atom stereocenters. The van der Waals surface area contributed by atoms with Gasteiger partial charge in [0.15, 0.2) is 11.5 Å². The summed E-state index contributed by atoms with van der Waals surface area (Å²) in [6.07, 6.45) is 1.29. The minimum atomic E-state index is -0.562. The molecular formula is C15H13N2O5-. The first-order chi connectivity index (χ1) is 10.5. The lowest BCUT2D eigenvalue weighted by molar-refractivity contribution is -0.385. The summed E-state index contributed by atoms with van der Waals surface area (Å²) < 4.78 is 10.3. The van der Waals surface area contributed by atoms with Crippen molar-refractivity contribution in [2.45, 2.75) is 0 Å². The van der Waals surface area contributed by atoms with Crippen molar-refractivity contribution in [3.63, 3.8) is 0 Å². The van der Waals surface area contributed by atoms with Crippen molar-refractivity contribution in [1.29, 1.82) is 0 Å². The van der Waals surface area contributed by atoms with Crippen LogP contribution in [0.5, 0.6) is 17.2 Å². The van der Waals surface area contributed by atoms with Crippen LogP contribution in [-0.4, -0.2) is 25.4 Å². The van der Waals surface area contributed by atoms with Crippen LogP contribution in [0, 0.1) is 10.1 Å². The highest BCUT2D eigenvalue weighted by Crippen LogP contribution is 2.31. The summed E-state index contributed by atoms with van der Waals surface area (Å²) in [5.74, 6) is 0.717. The zero-order valence-electron chi connectivity index (χ0n) is 12.0. The molecule has 7 nitrogen and oxygen atoms in total. The molecule has 0 bridgehead atoms. The minimum absolute atomic E-state index is 0.143. The SMILES string of the molecule is COc1ccc(N=Cc2cc([N+](=O)[O-])ccc2[O-])cc1OC. The van der Waals surface area contributed by atoms with E-state index in [9.17, 15) is 15.2 Å². The van der Waals surface area contributed by atoms with E-state index >= 15 is 0 Å². The van der Waals surface area contributed by atoms with Crippen LogP contribution in [0.1, 0.15) is 5.56 Å². The van der Waals surface area contributed by atoms with E-state index in [0.717, 1.165) is 12.1 Å². The van der Waals surface area contributed by atoms with Gasteiger partial charge in [0.1, 0.15) is 0 Å². The molecule has 0 aliphatic rings. The van der Waals surface area contributed by atoms with Crippen molar-refractivity contribution in [2.75, 3.05) is 14.2 Å². The third-order valence-corrected chi connectivity index (χ3v) is 2.92. The fourth-order valence-electron chi connectivity index (χ4n) is 1.80. The molecule has 0 aromatic heterocycles. The highest BCUT2D eigenvalue weighted by atomic mass is 16.6. The number of aliphatic imine (C=N–C) groups is 1. The molecule has 0 saturated heterocycles. The van der Waals surface area contributed by atoms with E-state index in [2.05, 4.69) is 4.99 Å². The summed E-state index contributed by atoms with van der Waals surface area (Å²) in [4.78, 5) is 14.3. The average molecular weight is 301 g/mol. The van der Waals surface area contributed by atoms with Gasteiger partial charge in [-0.25, -0.2) is 0 Å². The Bertz CT molecular complexity index is 728. The Labute approximate surface area is 126 Å². The van der Waals surface area contributed by atoms with Crippen LogP contribution in [0.15, 0.2) is 41.4 Å². The van der Waals surface area contributed by atoms with Crippen LogP contribution in [0.3, 0.4) is 0 Å². The van der Waals surface area contributed by atoms with Crippen molar-refractivity contribution in [3.05, 3.63) is 52.1 Å². The highest BCUT2D eigenvalue weighted by Gasteiger charge is 2.06. The number of ether oxygens (including phenoxy) is 2. The molecule has 0 heterocycles. The van der Waals surface area contributed by atoms with Crippen LogP contribution in [0.25, 0.3) is 0 Å². The molecule has 22 heavy (non-hydrogen) atoms. The number of nitro benzene ring substituents is 1. The lowest BCUT2D eigenvalue weighted by Gasteiger charge is -2.09. The maximum Gasteiger partial charge on any atom is 0.270 e. The topological polar surface area (TPSA) is 97.0 Å². The number of hydrogen-bond acceptors (Lipinski definition) is 6. The number of hydrogen-bond donors (Lipinski definition) is 0. The Hall–Kier alpha value is -3.09. The Morgan fingerprint density at radius 2 is 1.82 bits per heavy atom. The standard InChI is InChI=1S/C15H14N2O5/c1-21-14-6-3-11(8-15(14)22-2)16-9-10-7-12(17(19)20)4-5-13(10)18/h3-9,18H,1-2H3/p-1. The van der Waals surface area contributed by atoms with E-state index in [1.807, 2.05) is 0 Å². The van der Waals surface area contributed by atoms with Crippen LogP contribution in [0.4, 0.5) is 11.4 Å². The molecule has 0 saturated carbocycles. The lowest BCUT2D eigenvalue weighted by atomic mass is 10.2. The first-order valence-electron chi connectivity index (χ1n) is 6.26. The van der Waals surface area contributed by atoms with Gasteiger partial charge in [0, 0.05) is 24.4 Å². The van der Waals surface area contributed by atoms with E-state index in [1.54, 1.807) is 18.2 Å². The molecule has 0 N–H and O–H groups in total. The van der Waals surface area contributed by atoms with Gasteiger partial charge in [-0.15, -0.1) is 0 Å². The van der Waals surface area contributed by atoms with Gasteiger partial charge >= 0.3 is 0 Å². The Balaban J connectivity index is 2.32. The summed E-state index contributed by atoms with van der Waals surface area (Å²) in [7, 11) is 3.02. The van der Waals surface area contributed by atoms with Gasteiger partial charge in [0.05, 0.1) is 24.8 Å². The Kier molecular flexibility index (Phi) is 4.57. The van der Waals surface area contributed by atoms with Gasteiger partial charge in [-0.05, 0) is 17.7 Å². The maximum absolute atomic E-state index is 11.7. The summed E-state index contributed by atoms with van der Waals surface area (Å²) in [6.45, 7) is 0. The monoisotopic (exact) mass is 301 g/mol. The highest BCUT2D eigenvalue weighted by molar-refractivity contribution is 5.86. The number of nitro groups is 1. The predicted octanol–water partition coefficient (Wildman–Crippen LogP) is 2.44. The summed E-state index contributed by atoms with van der Waals surface area (Å²) in [6, 6.07) is 8.49. The molecule has 2 aromatic rings. The Morgan fingerprint density at radius 3 is 2.45 bits per heavy atom. The quantitative estimate of drug-likeness (QED) is 0.480. The number of nitrogens with zero attached hydrogens (tertiary/aromatic N) is 2. The van der Waals surface area contributed by atoms with Crippen molar-refractivity contribution in [1.82, 2.24) is 0 Å². The maximum atomic E-state index is 11.7. The summed E-state index contributed by atoms with van der Waals surface area (Å²) >= 11 is 0. The van der Waals surface area contributed by atoms with Crippen molar-refractivity contribution >= 4 is 17.6 Å². The molecule has 0 spiro atoms. The zero-order valence-corrected chi connectivity index (χ0v) is 12.0. The fraction of sp³-hybridized carbons (Fsp3) is 0.133. The molecule has 0 radical (unpaired) electrons. The van der Waals surface area contributed by atoms with Crippen LogP contribution < -0.4 is 14.6 Å². The smallest absolute Gasteiger partial charge is 0.270 e. The lowest BCUT2D eigenvalue weighted by Crippen LogP contribution is -1.98. The first kappa shape index (κ1) is 15.3. The molecule has 0 aliphatic heterocycles. The second-order valence-electron chi connectivity index (χ2n) is 4.28. The van der Waals surface area contributed by atoms with Gasteiger partial charge in [-0.3, -0.25) is 15.1 Å². The van der Waals surface area contributed by atoms with E-state index in [1.165, 1.54) is 26.5 Å². The van der Waals surface area contributed by atoms with Gasteiger partial charge in [0.2, 0.25) is 0 Å². The predicted molar refractivity (Wildman–Crippen MR) is 79.3 cm³/mol. The molecule has 0 fully saturated rings. The second kappa shape index (κ2) is 6.57. The normalized spacial score (nSPS) is 10.6. The van der Waals surface area contributed by atoms with Gasteiger partial charge in [-0.2, -0.15) is 0 Å². The molecule has 114 valence electrons. The second-order valence-corrected chi connectivity index (χ2v) is 4.28. The molecule has 0 aliphatic carbocycles. The van der Waals surface area contributed by atoms with E-state index in [-0.39, 0.29) is 17.0 Å². The average Bonchev–Trinajstić information content (AvgIpc) is 2.53. The summed E-state index contributed by atoms with van der Waals surface area (Å²) in [5, 5.41) is 22.4. The number of non-ortho nitro benzene ring substituents is 1. The molecule has 7 heteroatoms. The van der Waals surface area contributed by atoms with E-state index in [4.69, 9.17) is 9.47 Å². The van der Waals surface area contributed by atoms with Crippen LogP contribution in [-0.2, 0) is 0 Å². The van der Waals surface area contributed by atoms with Crippen LogP contribution >= 0.6 is 0 Å². The number of methoxy groups -OCH3 is 2. The van der Waals surface area contributed by atoms with E-state index in [0.29, 0.717) is 17.2 Å². The van der Waals surface area contributed by atoms with E-state index < -0.39 is 4.92 Å². The largest absolute Gasteiger partial charge is 0.872 e. The minimum Gasteiger partial charge on any atom is -0.872 e. The van der Waals surface area contributed by atoms with Gasteiger partial charge < -0.3 is 14.6 Å². The third-order valence-electron chi connectivity index (χ3n) is 2.92. The van der Waals surface area contributed by atoms with Crippen molar-refractivity contribution in [3.8, 4) is 17.2 Å². The molecule has 2 rings (SSSR count). The molecule has 2 aromatic carbocycles. The zero-order chi connectivity index (χ0) is 16.1. The van der Waals surface area contributed by atoms with Crippen LogP contribution in [0.2, 0.25) is 0 Å². The fourth-order valence-corrected chi connectivity index (χ4v) is 1.80. The first-order valence-corrected chi connectivity index (χ1v) is 6.26. The van der Waals surface area contributed by atoms with Crippen molar-refractivity contribution < 1.29 is 19.5 Å². The van der Waals surface area contributed by atoms with Crippen molar-refractivity contribution in [2.24, 2.45) is 4.99 Å². The van der Waals surface area contributed by atoms with Gasteiger partial charge in [-0.1, -0.05) is 11.8 Å². The molecule has 0 amide bonds. The Morgan fingerprint density at radius 1 is 1.09 bits per heavy atom.